The fraction of sp³-hybridized carbons (Fsp3) is 0.333. The molecule has 2 nitrogen and oxygen atoms in total. The minimum absolute atomic E-state index is 0.134. The second-order valence-corrected chi connectivity index (χ2v) is 5.38. The summed E-state index contributed by atoms with van der Waals surface area (Å²) < 4.78 is 13.6. The van der Waals surface area contributed by atoms with Gasteiger partial charge in [-0.25, -0.2) is 4.39 Å². The van der Waals surface area contributed by atoms with Crippen LogP contribution in [-0.2, 0) is 5.41 Å². The summed E-state index contributed by atoms with van der Waals surface area (Å²) in [5, 5.41) is 0. The molecular formula is C18H23FN2. The molecule has 0 saturated carbocycles. The number of hydrogen-bond donors (Lipinski definition) is 2. The van der Waals surface area contributed by atoms with Crippen LogP contribution in [-0.4, -0.2) is 0 Å². The largest absolute Gasteiger partial charge is 0.271 e. The summed E-state index contributed by atoms with van der Waals surface area (Å²) in [6, 6.07) is 16.9. The lowest BCUT2D eigenvalue weighted by Gasteiger charge is -2.40. The molecule has 2 rings (SSSR count). The van der Waals surface area contributed by atoms with Gasteiger partial charge in [0, 0.05) is 5.41 Å². The molecule has 0 heterocycles. The van der Waals surface area contributed by atoms with E-state index in [-0.39, 0.29) is 17.3 Å². The average Bonchev–Trinajstić information content (AvgIpc) is 2.53. The van der Waals surface area contributed by atoms with Crippen molar-refractivity contribution in [1.29, 1.82) is 0 Å². The van der Waals surface area contributed by atoms with E-state index in [1.165, 1.54) is 11.6 Å². The first kappa shape index (κ1) is 15.7. The van der Waals surface area contributed by atoms with Gasteiger partial charge < -0.3 is 0 Å². The van der Waals surface area contributed by atoms with Crippen molar-refractivity contribution in [3.63, 3.8) is 0 Å². The maximum absolute atomic E-state index is 13.6. The van der Waals surface area contributed by atoms with E-state index in [9.17, 15) is 4.39 Å². The molecule has 112 valence electrons. The van der Waals surface area contributed by atoms with E-state index < -0.39 is 0 Å². The van der Waals surface area contributed by atoms with Gasteiger partial charge in [-0.2, -0.15) is 0 Å². The third kappa shape index (κ3) is 2.99. The Morgan fingerprint density at radius 3 is 2.24 bits per heavy atom. The van der Waals surface area contributed by atoms with Crippen molar-refractivity contribution in [2.45, 2.75) is 38.1 Å². The van der Waals surface area contributed by atoms with Crippen molar-refractivity contribution in [2.24, 2.45) is 5.84 Å². The van der Waals surface area contributed by atoms with Crippen molar-refractivity contribution >= 4 is 0 Å². The lowest BCUT2D eigenvalue weighted by molar-refractivity contribution is 0.276. The Morgan fingerprint density at radius 2 is 1.71 bits per heavy atom. The molecule has 0 amide bonds. The van der Waals surface area contributed by atoms with Gasteiger partial charge in [0.15, 0.2) is 0 Å². The van der Waals surface area contributed by atoms with Gasteiger partial charge in [-0.1, -0.05) is 56.3 Å². The normalized spacial score (nSPS) is 13.1. The zero-order valence-electron chi connectivity index (χ0n) is 12.6. The van der Waals surface area contributed by atoms with Gasteiger partial charge in [-0.3, -0.25) is 11.3 Å². The van der Waals surface area contributed by atoms with E-state index in [1.807, 2.05) is 24.3 Å². The van der Waals surface area contributed by atoms with E-state index in [0.717, 1.165) is 18.4 Å². The summed E-state index contributed by atoms with van der Waals surface area (Å²) in [5.41, 5.74) is 4.86. The number of hydrazine groups is 1. The van der Waals surface area contributed by atoms with E-state index in [1.54, 1.807) is 12.1 Å². The van der Waals surface area contributed by atoms with E-state index in [0.29, 0.717) is 0 Å². The first-order valence-corrected chi connectivity index (χ1v) is 7.45. The van der Waals surface area contributed by atoms with Crippen LogP contribution >= 0.6 is 0 Å². The van der Waals surface area contributed by atoms with Crippen LogP contribution in [0.5, 0.6) is 0 Å². The van der Waals surface area contributed by atoms with Crippen LogP contribution in [0.15, 0.2) is 54.6 Å². The Morgan fingerprint density at radius 1 is 1.05 bits per heavy atom. The fourth-order valence-corrected chi connectivity index (χ4v) is 3.26. The van der Waals surface area contributed by atoms with Crippen LogP contribution in [0.4, 0.5) is 4.39 Å². The van der Waals surface area contributed by atoms with Gasteiger partial charge in [0.2, 0.25) is 0 Å². The summed E-state index contributed by atoms with van der Waals surface area (Å²) in [5.74, 6) is 5.62. The minimum Gasteiger partial charge on any atom is -0.271 e. The molecule has 0 aromatic heterocycles. The lowest BCUT2D eigenvalue weighted by atomic mass is 9.68. The molecule has 0 aliphatic rings. The third-order valence-electron chi connectivity index (χ3n) is 4.51. The predicted octanol–water partition coefficient (Wildman–Crippen LogP) is 4.09. The highest BCUT2D eigenvalue weighted by Gasteiger charge is 2.37. The predicted molar refractivity (Wildman–Crippen MR) is 85.2 cm³/mol. The highest BCUT2D eigenvalue weighted by Crippen LogP contribution is 2.42. The standard InChI is InChI=1S/C18H23FN2/c1-3-18(4-2,15-10-6-5-7-11-15)17(21-20)14-9-8-12-16(19)13-14/h5-13,17,21H,3-4,20H2,1-2H3. The van der Waals surface area contributed by atoms with Crippen LogP contribution in [0.1, 0.15) is 43.9 Å². The van der Waals surface area contributed by atoms with Gasteiger partial charge >= 0.3 is 0 Å². The highest BCUT2D eigenvalue weighted by atomic mass is 19.1. The van der Waals surface area contributed by atoms with Gasteiger partial charge in [-0.05, 0) is 36.1 Å². The Kier molecular flexibility index (Phi) is 5.10. The highest BCUT2D eigenvalue weighted by molar-refractivity contribution is 5.33. The molecule has 2 aromatic rings. The summed E-state index contributed by atoms with van der Waals surface area (Å²) in [6.45, 7) is 4.31. The van der Waals surface area contributed by atoms with Gasteiger partial charge in [-0.15, -0.1) is 0 Å². The molecule has 2 aromatic carbocycles. The molecule has 0 fully saturated rings. The van der Waals surface area contributed by atoms with E-state index in [2.05, 4.69) is 31.4 Å². The number of nitrogens with two attached hydrogens (primary N) is 1. The molecule has 0 spiro atoms. The van der Waals surface area contributed by atoms with E-state index >= 15 is 0 Å². The topological polar surface area (TPSA) is 38.0 Å². The number of nitrogens with one attached hydrogen (secondary N) is 1. The van der Waals surface area contributed by atoms with Crippen molar-refractivity contribution in [1.82, 2.24) is 5.43 Å². The van der Waals surface area contributed by atoms with Crippen molar-refractivity contribution < 1.29 is 4.39 Å². The van der Waals surface area contributed by atoms with Crippen molar-refractivity contribution in [2.75, 3.05) is 0 Å². The Hall–Kier alpha value is -1.71. The molecule has 0 aliphatic heterocycles. The summed E-state index contributed by atoms with van der Waals surface area (Å²) in [6.07, 6.45) is 1.83. The molecule has 0 saturated heterocycles. The third-order valence-corrected chi connectivity index (χ3v) is 4.51. The smallest absolute Gasteiger partial charge is 0.123 e. The number of hydrogen-bond acceptors (Lipinski definition) is 2. The quantitative estimate of drug-likeness (QED) is 0.620. The van der Waals surface area contributed by atoms with Crippen LogP contribution in [0, 0.1) is 5.82 Å². The van der Waals surface area contributed by atoms with Gasteiger partial charge in [0.25, 0.3) is 0 Å². The average molecular weight is 286 g/mol. The van der Waals surface area contributed by atoms with Crippen molar-refractivity contribution in [3.05, 3.63) is 71.5 Å². The molecule has 0 bridgehead atoms. The van der Waals surface area contributed by atoms with Gasteiger partial charge in [0.05, 0.1) is 6.04 Å². The Balaban J connectivity index is 2.54. The first-order chi connectivity index (χ1) is 10.2. The number of benzene rings is 2. The molecule has 1 atom stereocenters. The second kappa shape index (κ2) is 6.83. The maximum Gasteiger partial charge on any atom is 0.123 e. The molecule has 21 heavy (non-hydrogen) atoms. The summed E-state index contributed by atoms with van der Waals surface area (Å²) in [7, 11) is 0. The number of rotatable bonds is 6. The monoisotopic (exact) mass is 286 g/mol. The number of halogens is 1. The van der Waals surface area contributed by atoms with Crippen LogP contribution in [0.25, 0.3) is 0 Å². The molecule has 0 aliphatic carbocycles. The minimum atomic E-state index is -0.234. The van der Waals surface area contributed by atoms with Gasteiger partial charge in [0.1, 0.15) is 5.82 Å². The second-order valence-electron chi connectivity index (χ2n) is 5.38. The van der Waals surface area contributed by atoms with Crippen LogP contribution < -0.4 is 11.3 Å². The lowest BCUT2D eigenvalue weighted by Crippen LogP contribution is -2.44. The van der Waals surface area contributed by atoms with Crippen molar-refractivity contribution in [3.8, 4) is 0 Å². The maximum atomic E-state index is 13.6. The molecule has 0 radical (unpaired) electrons. The zero-order chi connectivity index (χ0) is 15.3. The van der Waals surface area contributed by atoms with Crippen LogP contribution in [0.3, 0.4) is 0 Å². The molecule has 3 heteroatoms. The molecule has 3 N–H and O–H groups in total. The SMILES string of the molecule is CCC(CC)(c1ccccc1)C(NN)c1cccc(F)c1. The van der Waals surface area contributed by atoms with Crippen LogP contribution in [0.2, 0.25) is 0 Å². The van der Waals surface area contributed by atoms with E-state index in [4.69, 9.17) is 5.84 Å². The first-order valence-electron chi connectivity index (χ1n) is 7.45. The molecule has 1 unspecified atom stereocenters. The Labute approximate surface area is 126 Å². The summed E-state index contributed by atoms with van der Waals surface area (Å²) in [4.78, 5) is 0. The summed E-state index contributed by atoms with van der Waals surface area (Å²) >= 11 is 0. The zero-order valence-corrected chi connectivity index (χ0v) is 12.6. The Bertz CT molecular complexity index is 564. The molecular weight excluding hydrogens is 263 g/mol. The fourth-order valence-electron chi connectivity index (χ4n) is 3.26.